The summed E-state index contributed by atoms with van der Waals surface area (Å²) < 4.78 is 1.56. The van der Waals surface area contributed by atoms with Crippen LogP contribution in [-0.2, 0) is 18.6 Å². The van der Waals surface area contributed by atoms with Crippen LogP contribution in [-0.4, -0.2) is 14.4 Å². The Morgan fingerprint density at radius 1 is 1.27 bits per heavy atom. The fourth-order valence-corrected chi connectivity index (χ4v) is 4.20. The molecule has 26 heavy (non-hydrogen) atoms. The van der Waals surface area contributed by atoms with Gasteiger partial charge in [0, 0.05) is 23.7 Å². The zero-order valence-corrected chi connectivity index (χ0v) is 15.3. The lowest BCUT2D eigenvalue weighted by Crippen LogP contribution is -2.15. The second-order valence-electron chi connectivity index (χ2n) is 6.53. The van der Waals surface area contributed by atoms with E-state index in [9.17, 15) is 10.1 Å². The Morgan fingerprint density at radius 3 is 2.96 bits per heavy atom. The summed E-state index contributed by atoms with van der Waals surface area (Å²) in [5.41, 5.74) is 5.18. The van der Waals surface area contributed by atoms with Gasteiger partial charge in [0.15, 0.2) is 0 Å². The van der Waals surface area contributed by atoms with Gasteiger partial charge in [0.25, 0.3) is 5.56 Å². The monoisotopic (exact) mass is 362 g/mol. The Hall–Kier alpha value is -2.65. The Balaban J connectivity index is 1.65. The van der Waals surface area contributed by atoms with Crippen LogP contribution in [0.5, 0.6) is 0 Å². The van der Waals surface area contributed by atoms with Crippen LogP contribution in [0.2, 0.25) is 0 Å². The molecular weight excluding hydrogens is 344 g/mol. The predicted molar refractivity (Wildman–Crippen MR) is 101 cm³/mol. The van der Waals surface area contributed by atoms with Gasteiger partial charge in [-0.3, -0.25) is 9.20 Å². The van der Waals surface area contributed by atoms with Crippen LogP contribution in [0, 0.1) is 18.3 Å². The molecule has 3 heterocycles. The number of fused-ring (bicyclic) bond motifs is 2. The van der Waals surface area contributed by atoms with E-state index in [1.54, 1.807) is 16.7 Å². The van der Waals surface area contributed by atoms with Crippen molar-refractivity contribution in [2.45, 2.75) is 43.4 Å². The van der Waals surface area contributed by atoms with E-state index in [4.69, 9.17) is 4.98 Å². The highest BCUT2D eigenvalue weighted by molar-refractivity contribution is 7.98. The first-order valence-electron chi connectivity index (χ1n) is 8.69. The van der Waals surface area contributed by atoms with Gasteiger partial charge in [-0.05, 0) is 55.9 Å². The predicted octanol–water partition coefficient (Wildman–Crippen LogP) is 3.44. The molecule has 130 valence electrons. The molecule has 0 amide bonds. The van der Waals surface area contributed by atoms with Crippen molar-refractivity contribution in [3.63, 3.8) is 0 Å². The fraction of sp³-hybridized carbons (Fsp3) is 0.300. The molecule has 0 saturated heterocycles. The van der Waals surface area contributed by atoms with Gasteiger partial charge in [-0.2, -0.15) is 5.26 Å². The molecule has 0 bridgehead atoms. The standard InChI is InChI=1S/C20H18N4OS/c1-13-5-4-8-24-18(25)10-16(22-19(13)24)12-26-20-15(11-21)9-14-6-2-3-7-17(14)23-20/h4-5,8-10H,2-3,6-7,12H2,1H3. The summed E-state index contributed by atoms with van der Waals surface area (Å²) in [4.78, 5) is 21.7. The molecule has 1 aliphatic carbocycles. The number of aryl methyl sites for hydroxylation is 3. The van der Waals surface area contributed by atoms with E-state index >= 15 is 0 Å². The number of pyridine rings is 2. The molecule has 0 radical (unpaired) electrons. The van der Waals surface area contributed by atoms with E-state index in [2.05, 4.69) is 11.1 Å². The molecule has 1 aliphatic rings. The molecule has 0 aliphatic heterocycles. The minimum atomic E-state index is -0.0896. The van der Waals surface area contributed by atoms with Crippen LogP contribution in [0.15, 0.2) is 40.3 Å². The summed E-state index contributed by atoms with van der Waals surface area (Å²) in [6.07, 6.45) is 6.02. The van der Waals surface area contributed by atoms with Crippen molar-refractivity contribution in [3.05, 3.63) is 68.9 Å². The highest BCUT2D eigenvalue weighted by atomic mass is 32.2. The van der Waals surface area contributed by atoms with Crippen molar-refractivity contribution >= 4 is 17.4 Å². The van der Waals surface area contributed by atoms with Crippen LogP contribution < -0.4 is 5.56 Å². The van der Waals surface area contributed by atoms with Crippen LogP contribution in [0.25, 0.3) is 5.65 Å². The molecule has 0 atom stereocenters. The van der Waals surface area contributed by atoms with Gasteiger partial charge >= 0.3 is 0 Å². The number of rotatable bonds is 3. The molecule has 0 aromatic carbocycles. The van der Waals surface area contributed by atoms with Gasteiger partial charge in [0.05, 0.1) is 11.3 Å². The highest BCUT2D eigenvalue weighted by Gasteiger charge is 2.16. The first-order valence-corrected chi connectivity index (χ1v) is 9.68. The molecule has 4 rings (SSSR count). The lowest BCUT2D eigenvalue weighted by atomic mass is 9.95. The average molecular weight is 362 g/mol. The van der Waals surface area contributed by atoms with Crippen molar-refractivity contribution in [3.8, 4) is 6.07 Å². The first kappa shape index (κ1) is 16.8. The van der Waals surface area contributed by atoms with E-state index in [1.165, 1.54) is 17.3 Å². The van der Waals surface area contributed by atoms with Crippen LogP contribution in [0.3, 0.4) is 0 Å². The molecule has 3 aromatic rings. The van der Waals surface area contributed by atoms with E-state index < -0.39 is 0 Å². The summed E-state index contributed by atoms with van der Waals surface area (Å²) in [6.45, 7) is 1.94. The van der Waals surface area contributed by atoms with E-state index in [-0.39, 0.29) is 5.56 Å². The Morgan fingerprint density at radius 2 is 2.12 bits per heavy atom. The fourth-order valence-electron chi connectivity index (χ4n) is 3.33. The maximum atomic E-state index is 12.3. The zero-order chi connectivity index (χ0) is 18.1. The molecule has 0 spiro atoms. The third-order valence-corrected chi connectivity index (χ3v) is 5.71. The van der Waals surface area contributed by atoms with Crippen LogP contribution in [0.1, 0.15) is 40.9 Å². The maximum Gasteiger partial charge on any atom is 0.258 e. The van der Waals surface area contributed by atoms with Gasteiger partial charge in [0.1, 0.15) is 16.7 Å². The number of nitrogens with zero attached hydrogens (tertiary/aromatic N) is 4. The number of thioether (sulfide) groups is 1. The third-order valence-electron chi connectivity index (χ3n) is 4.68. The normalized spacial score (nSPS) is 13.4. The Kier molecular flexibility index (Phi) is 4.48. The van der Waals surface area contributed by atoms with Gasteiger partial charge < -0.3 is 0 Å². The summed E-state index contributed by atoms with van der Waals surface area (Å²) >= 11 is 1.48. The van der Waals surface area contributed by atoms with Crippen molar-refractivity contribution in [2.24, 2.45) is 0 Å². The molecule has 0 N–H and O–H groups in total. The van der Waals surface area contributed by atoms with E-state index in [0.717, 1.165) is 42.0 Å². The van der Waals surface area contributed by atoms with Gasteiger partial charge in [0.2, 0.25) is 0 Å². The molecule has 0 saturated carbocycles. The van der Waals surface area contributed by atoms with Crippen LogP contribution >= 0.6 is 11.8 Å². The smallest absolute Gasteiger partial charge is 0.258 e. The molecule has 3 aromatic heterocycles. The average Bonchev–Trinajstić information content (AvgIpc) is 2.66. The van der Waals surface area contributed by atoms with Gasteiger partial charge in [-0.25, -0.2) is 9.97 Å². The molecular formula is C20H18N4OS. The lowest BCUT2D eigenvalue weighted by molar-refractivity contribution is 0.660. The second-order valence-corrected chi connectivity index (χ2v) is 7.49. The number of aromatic nitrogens is 3. The van der Waals surface area contributed by atoms with Crippen LogP contribution in [0.4, 0.5) is 0 Å². The first-order chi connectivity index (χ1) is 12.7. The minimum Gasteiger partial charge on any atom is -0.269 e. The maximum absolute atomic E-state index is 12.3. The zero-order valence-electron chi connectivity index (χ0n) is 14.5. The molecule has 0 fully saturated rings. The summed E-state index contributed by atoms with van der Waals surface area (Å²) in [7, 11) is 0. The van der Waals surface area contributed by atoms with Crippen molar-refractivity contribution in [1.82, 2.24) is 14.4 Å². The SMILES string of the molecule is Cc1cccn2c(=O)cc(CSc3nc4c(cc3C#N)CCCC4)nc12. The summed E-state index contributed by atoms with van der Waals surface area (Å²) in [5, 5.41) is 10.2. The van der Waals surface area contributed by atoms with Crippen molar-refractivity contribution in [1.29, 1.82) is 5.26 Å². The quantitative estimate of drug-likeness (QED) is 0.668. The van der Waals surface area contributed by atoms with Crippen molar-refractivity contribution < 1.29 is 0 Å². The lowest BCUT2D eigenvalue weighted by Gasteiger charge is -2.16. The molecule has 5 nitrogen and oxygen atoms in total. The Bertz CT molecular complexity index is 1100. The summed E-state index contributed by atoms with van der Waals surface area (Å²) in [6, 6.07) is 9.59. The van der Waals surface area contributed by atoms with E-state index in [0.29, 0.717) is 22.7 Å². The second kappa shape index (κ2) is 6.93. The number of hydrogen-bond acceptors (Lipinski definition) is 5. The van der Waals surface area contributed by atoms with Gasteiger partial charge in [-0.1, -0.05) is 17.8 Å². The largest absolute Gasteiger partial charge is 0.269 e. The summed E-state index contributed by atoms with van der Waals surface area (Å²) in [5.74, 6) is 0.514. The Labute approximate surface area is 155 Å². The number of nitriles is 1. The minimum absolute atomic E-state index is 0.0896. The topological polar surface area (TPSA) is 71.1 Å². The highest BCUT2D eigenvalue weighted by Crippen LogP contribution is 2.28. The van der Waals surface area contributed by atoms with Gasteiger partial charge in [-0.15, -0.1) is 0 Å². The third kappa shape index (κ3) is 3.11. The molecule has 6 heteroatoms. The van der Waals surface area contributed by atoms with E-state index in [1.807, 2.05) is 25.1 Å². The number of hydrogen-bond donors (Lipinski definition) is 0. The molecule has 0 unspecified atom stereocenters. The van der Waals surface area contributed by atoms with Crippen molar-refractivity contribution in [2.75, 3.05) is 0 Å².